The van der Waals surface area contributed by atoms with Crippen molar-refractivity contribution in [2.24, 2.45) is 11.7 Å². The molecule has 1 aromatic heterocycles. The van der Waals surface area contributed by atoms with E-state index in [1.54, 1.807) is 31.7 Å². The van der Waals surface area contributed by atoms with Crippen molar-refractivity contribution in [3.8, 4) is 0 Å². The highest BCUT2D eigenvalue weighted by Gasteiger charge is 2.44. The molecular weight excluding hydrogens is 304 g/mol. The molecule has 2 rings (SSSR count). The van der Waals surface area contributed by atoms with E-state index in [4.69, 9.17) is 10.5 Å². The third kappa shape index (κ3) is 3.66. The van der Waals surface area contributed by atoms with E-state index in [1.807, 2.05) is 11.4 Å². The van der Waals surface area contributed by atoms with Crippen molar-refractivity contribution in [2.75, 3.05) is 6.54 Å². The number of carboxylic acid groups (broad SMARTS) is 1. The fourth-order valence-corrected chi connectivity index (χ4v) is 3.49. The van der Waals surface area contributed by atoms with Crippen LogP contribution in [0.2, 0.25) is 0 Å². The van der Waals surface area contributed by atoms with Crippen LogP contribution in [-0.2, 0) is 14.3 Å². The Morgan fingerprint density at radius 3 is 2.68 bits per heavy atom. The van der Waals surface area contributed by atoms with Crippen LogP contribution in [0.4, 0.5) is 0 Å². The summed E-state index contributed by atoms with van der Waals surface area (Å²) >= 11 is 1.37. The smallest absolute Gasteiger partial charge is 0.326 e. The van der Waals surface area contributed by atoms with Crippen LogP contribution < -0.4 is 5.73 Å². The highest BCUT2D eigenvalue weighted by Crippen LogP contribution is 2.34. The second kappa shape index (κ2) is 6.36. The number of nitrogens with two attached hydrogens (primary N) is 1. The molecule has 7 heteroatoms. The Hall–Kier alpha value is -1.44. The maximum atomic E-state index is 12.2. The highest BCUT2D eigenvalue weighted by molar-refractivity contribution is 7.10. The van der Waals surface area contributed by atoms with Gasteiger partial charge in [0.1, 0.15) is 11.6 Å². The number of rotatable bonds is 4. The van der Waals surface area contributed by atoms with Crippen molar-refractivity contribution in [3.05, 3.63) is 22.4 Å². The summed E-state index contributed by atoms with van der Waals surface area (Å²) in [5, 5.41) is 11.4. The monoisotopic (exact) mass is 326 g/mol. The minimum atomic E-state index is -0.956. The van der Waals surface area contributed by atoms with E-state index < -0.39 is 29.7 Å². The number of carbonyl (C=O) groups is 2. The van der Waals surface area contributed by atoms with Crippen molar-refractivity contribution in [2.45, 2.75) is 45.0 Å². The Kier molecular flexibility index (Phi) is 4.89. The van der Waals surface area contributed by atoms with Crippen LogP contribution in [0, 0.1) is 5.92 Å². The predicted molar refractivity (Wildman–Crippen MR) is 83.3 cm³/mol. The Bertz CT molecular complexity index is 538. The summed E-state index contributed by atoms with van der Waals surface area (Å²) < 4.78 is 5.38. The standard InChI is InChI=1S/C15H22N2O4S/c1-15(2,3)21-14(20)9-6-7-17(12(9)16)11(13(18)19)10-5-4-8-22-10/h4-5,8-9,11-12H,6-7,16H2,1-3H3,(H,18,19)/t9-,11-,12-/m1/s1. The lowest BCUT2D eigenvalue weighted by molar-refractivity contribution is -0.161. The van der Waals surface area contributed by atoms with Gasteiger partial charge in [-0.05, 0) is 38.6 Å². The van der Waals surface area contributed by atoms with E-state index in [9.17, 15) is 14.7 Å². The minimum Gasteiger partial charge on any atom is -0.480 e. The maximum absolute atomic E-state index is 12.2. The van der Waals surface area contributed by atoms with Gasteiger partial charge in [-0.1, -0.05) is 6.07 Å². The molecule has 122 valence electrons. The third-order valence-corrected chi connectivity index (χ3v) is 4.51. The summed E-state index contributed by atoms with van der Waals surface area (Å²) in [5.41, 5.74) is 5.57. The lowest BCUT2D eigenvalue weighted by Crippen LogP contribution is -2.47. The van der Waals surface area contributed by atoms with Gasteiger partial charge < -0.3 is 15.6 Å². The van der Waals surface area contributed by atoms with Gasteiger partial charge in [0.15, 0.2) is 0 Å². The molecule has 1 fully saturated rings. The number of carboxylic acids is 1. The average molecular weight is 326 g/mol. The van der Waals surface area contributed by atoms with E-state index in [0.29, 0.717) is 17.8 Å². The maximum Gasteiger partial charge on any atom is 0.326 e. The van der Waals surface area contributed by atoms with Crippen LogP contribution in [0.3, 0.4) is 0 Å². The minimum absolute atomic E-state index is 0.363. The fourth-order valence-electron chi connectivity index (χ4n) is 2.65. The normalized spacial score (nSPS) is 24.2. The molecule has 2 heterocycles. The molecular formula is C15H22N2O4S. The molecule has 0 bridgehead atoms. The molecule has 0 amide bonds. The Balaban J connectivity index is 2.14. The molecule has 0 unspecified atom stereocenters. The zero-order valence-corrected chi connectivity index (χ0v) is 13.8. The molecule has 3 N–H and O–H groups in total. The first kappa shape index (κ1) is 16.9. The van der Waals surface area contributed by atoms with E-state index in [-0.39, 0.29) is 5.97 Å². The Labute approximate surface area is 133 Å². The van der Waals surface area contributed by atoms with Gasteiger partial charge in [-0.25, -0.2) is 0 Å². The Morgan fingerprint density at radius 1 is 1.50 bits per heavy atom. The number of hydrogen-bond donors (Lipinski definition) is 2. The van der Waals surface area contributed by atoms with Crippen molar-refractivity contribution >= 4 is 23.3 Å². The lowest BCUT2D eigenvalue weighted by Gasteiger charge is -2.29. The molecule has 1 aromatic rings. The topological polar surface area (TPSA) is 92.9 Å². The lowest BCUT2D eigenvalue weighted by atomic mass is 10.1. The zero-order valence-electron chi connectivity index (χ0n) is 13.0. The number of aliphatic carboxylic acids is 1. The van der Waals surface area contributed by atoms with Gasteiger partial charge in [-0.2, -0.15) is 0 Å². The highest BCUT2D eigenvalue weighted by atomic mass is 32.1. The van der Waals surface area contributed by atoms with E-state index in [2.05, 4.69) is 0 Å². The van der Waals surface area contributed by atoms with Crippen LogP contribution in [-0.4, -0.2) is 40.3 Å². The summed E-state index contributed by atoms with van der Waals surface area (Å²) in [6.45, 7) is 5.86. The summed E-state index contributed by atoms with van der Waals surface area (Å²) in [7, 11) is 0. The van der Waals surface area contributed by atoms with E-state index in [1.165, 1.54) is 11.3 Å². The number of esters is 1. The SMILES string of the molecule is CC(C)(C)OC(=O)[C@@H]1CCN([C@@H](C(=O)O)c2cccs2)[C@H]1N. The van der Waals surface area contributed by atoms with Crippen LogP contribution in [0.5, 0.6) is 0 Å². The van der Waals surface area contributed by atoms with E-state index >= 15 is 0 Å². The third-order valence-electron chi connectivity index (χ3n) is 3.58. The van der Waals surface area contributed by atoms with Crippen LogP contribution >= 0.6 is 11.3 Å². The molecule has 0 radical (unpaired) electrons. The van der Waals surface area contributed by atoms with Crippen LogP contribution in [0.1, 0.15) is 38.1 Å². The van der Waals surface area contributed by atoms with Gasteiger partial charge in [0.25, 0.3) is 0 Å². The first-order valence-electron chi connectivity index (χ1n) is 7.21. The van der Waals surface area contributed by atoms with Crippen LogP contribution in [0.15, 0.2) is 17.5 Å². The van der Waals surface area contributed by atoms with Gasteiger partial charge in [0.05, 0.1) is 12.1 Å². The summed E-state index contributed by atoms with van der Waals surface area (Å²) in [6, 6.07) is 2.77. The zero-order chi connectivity index (χ0) is 16.5. The average Bonchev–Trinajstić information content (AvgIpc) is 2.99. The summed E-state index contributed by atoms with van der Waals surface area (Å²) in [5.74, 6) is -1.82. The molecule has 1 saturated heterocycles. The van der Waals surface area contributed by atoms with Gasteiger partial charge in [-0.15, -0.1) is 11.3 Å². The van der Waals surface area contributed by atoms with E-state index in [0.717, 1.165) is 0 Å². The molecule has 3 atom stereocenters. The number of carbonyl (C=O) groups excluding carboxylic acids is 1. The van der Waals surface area contributed by atoms with Crippen molar-refractivity contribution in [1.82, 2.24) is 4.90 Å². The fraction of sp³-hybridized carbons (Fsp3) is 0.600. The first-order chi connectivity index (χ1) is 10.2. The second-order valence-electron chi connectivity index (χ2n) is 6.41. The molecule has 1 aliphatic rings. The largest absolute Gasteiger partial charge is 0.480 e. The number of hydrogen-bond acceptors (Lipinski definition) is 6. The number of ether oxygens (including phenoxy) is 1. The van der Waals surface area contributed by atoms with Crippen molar-refractivity contribution in [3.63, 3.8) is 0 Å². The van der Waals surface area contributed by atoms with Gasteiger partial charge in [-0.3, -0.25) is 14.5 Å². The van der Waals surface area contributed by atoms with Gasteiger partial charge in [0.2, 0.25) is 0 Å². The van der Waals surface area contributed by atoms with Gasteiger partial charge >= 0.3 is 11.9 Å². The van der Waals surface area contributed by atoms with Crippen LogP contribution in [0.25, 0.3) is 0 Å². The number of thiophene rings is 1. The molecule has 0 aromatic carbocycles. The molecule has 6 nitrogen and oxygen atoms in total. The van der Waals surface area contributed by atoms with Crippen molar-refractivity contribution < 1.29 is 19.4 Å². The predicted octanol–water partition coefficient (Wildman–Crippen LogP) is 1.82. The molecule has 0 aliphatic carbocycles. The molecule has 0 saturated carbocycles. The summed E-state index contributed by atoms with van der Waals surface area (Å²) in [6.07, 6.45) is -0.149. The first-order valence-corrected chi connectivity index (χ1v) is 8.09. The van der Waals surface area contributed by atoms with Crippen molar-refractivity contribution in [1.29, 1.82) is 0 Å². The molecule has 0 spiro atoms. The Morgan fingerprint density at radius 2 is 2.18 bits per heavy atom. The number of nitrogens with zero attached hydrogens (tertiary/aromatic N) is 1. The number of likely N-dealkylation sites (tertiary alicyclic amines) is 1. The van der Waals surface area contributed by atoms with Gasteiger partial charge in [0, 0.05) is 11.4 Å². The second-order valence-corrected chi connectivity index (χ2v) is 7.39. The quantitative estimate of drug-likeness (QED) is 0.820. The summed E-state index contributed by atoms with van der Waals surface area (Å²) in [4.78, 5) is 26.2. The molecule has 1 aliphatic heterocycles. The molecule has 22 heavy (non-hydrogen) atoms.